The molecule has 0 aliphatic carbocycles. The summed E-state index contributed by atoms with van der Waals surface area (Å²) in [7, 11) is 1.71. The molecule has 4 rings (SSSR count). The number of nitro benzene ring substituents is 1. The lowest BCUT2D eigenvalue weighted by atomic mass is 10.1. The Morgan fingerprint density at radius 3 is 2.74 bits per heavy atom. The van der Waals surface area contributed by atoms with Gasteiger partial charge in [-0.3, -0.25) is 19.8 Å². The number of ketones is 1. The molecule has 3 aromatic rings. The average Bonchev–Trinajstić information content (AvgIpc) is 3.20. The van der Waals surface area contributed by atoms with E-state index in [1.165, 1.54) is 12.3 Å². The first-order valence-corrected chi connectivity index (χ1v) is 11.1. The smallest absolute Gasteiger partial charge is 0.293 e. The van der Waals surface area contributed by atoms with Crippen molar-refractivity contribution >= 4 is 34.6 Å². The lowest BCUT2D eigenvalue weighted by molar-refractivity contribution is -0.383. The molecule has 31 heavy (non-hydrogen) atoms. The molecule has 0 saturated carbocycles. The quantitative estimate of drug-likeness (QED) is 0.341. The molecule has 2 aromatic carbocycles. The van der Waals surface area contributed by atoms with Gasteiger partial charge in [-0.2, -0.15) is 11.8 Å². The molecule has 8 nitrogen and oxygen atoms in total. The van der Waals surface area contributed by atoms with Crippen LogP contribution in [0.3, 0.4) is 0 Å². The summed E-state index contributed by atoms with van der Waals surface area (Å²) in [5.41, 5.74) is 2.34. The molecule has 9 heteroatoms. The van der Waals surface area contributed by atoms with Gasteiger partial charge in [0.1, 0.15) is 5.69 Å². The molecule has 1 fully saturated rings. The van der Waals surface area contributed by atoms with Crippen LogP contribution < -0.4 is 5.32 Å². The van der Waals surface area contributed by atoms with Crippen LogP contribution in [0.2, 0.25) is 0 Å². The lowest BCUT2D eigenvalue weighted by Crippen LogP contribution is -2.31. The molecule has 2 heterocycles. The summed E-state index contributed by atoms with van der Waals surface area (Å²) in [6.45, 7) is 2.99. The van der Waals surface area contributed by atoms with E-state index in [1.807, 2.05) is 30.0 Å². The predicted octanol–water partition coefficient (Wildman–Crippen LogP) is 3.85. The summed E-state index contributed by atoms with van der Waals surface area (Å²) in [5, 5.41) is 14.8. The van der Waals surface area contributed by atoms with Crippen molar-refractivity contribution in [1.82, 2.24) is 14.5 Å². The fourth-order valence-electron chi connectivity index (χ4n) is 3.56. The highest BCUT2D eigenvalue weighted by atomic mass is 32.2. The van der Waals surface area contributed by atoms with Crippen LogP contribution in [0.15, 0.2) is 54.9 Å². The second kappa shape index (κ2) is 9.32. The Morgan fingerprint density at radius 1 is 1.23 bits per heavy atom. The topological polar surface area (TPSA) is 93.3 Å². The van der Waals surface area contributed by atoms with Crippen LogP contribution in [0.1, 0.15) is 21.7 Å². The van der Waals surface area contributed by atoms with Crippen molar-refractivity contribution in [2.24, 2.45) is 7.05 Å². The number of thioether (sulfide) groups is 1. The zero-order chi connectivity index (χ0) is 21.8. The van der Waals surface area contributed by atoms with E-state index in [0.29, 0.717) is 5.69 Å². The third-order valence-electron chi connectivity index (χ3n) is 5.20. The van der Waals surface area contributed by atoms with Crippen molar-refractivity contribution in [2.75, 3.05) is 29.9 Å². The Labute approximate surface area is 184 Å². The Kier molecular flexibility index (Phi) is 6.34. The SMILES string of the molecule is Cn1ccnc1C(=O)c1ccc(Nc2cccc(CN3CCSCC3)c2)c([N+](=O)[O-])c1. The van der Waals surface area contributed by atoms with Crippen molar-refractivity contribution in [2.45, 2.75) is 6.54 Å². The zero-order valence-corrected chi connectivity index (χ0v) is 18.0. The minimum atomic E-state index is -0.479. The number of nitrogens with zero attached hydrogens (tertiary/aromatic N) is 4. The first-order chi connectivity index (χ1) is 15.0. The number of anilines is 2. The van der Waals surface area contributed by atoms with E-state index in [1.54, 1.807) is 29.9 Å². The van der Waals surface area contributed by atoms with Crippen LogP contribution in [-0.2, 0) is 13.6 Å². The monoisotopic (exact) mass is 437 g/mol. The third kappa shape index (κ3) is 4.95. The molecule has 1 aliphatic rings. The van der Waals surface area contributed by atoms with Crippen LogP contribution >= 0.6 is 11.8 Å². The molecule has 0 bridgehead atoms. The van der Waals surface area contributed by atoms with E-state index < -0.39 is 4.92 Å². The fourth-order valence-corrected chi connectivity index (χ4v) is 4.54. The lowest BCUT2D eigenvalue weighted by Gasteiger charge is -2.26. The summed E-state index contributed by atoms with van der Waals surface area (Å²) in [6.07, 6.45) is 3.18. The predicted molar refractivity (Wildman–Crippen MR) is 122 cm³/mol. The second-order valence-electron chi connectivity index (χ2n) is 7.39. The highest BCUT2D eigenvalue weighted by Gasteiger charge is 2.21. The van der Waals surface area contributed by atoms with Gasteiger partial charge in [-0.15, -0.1) is 0 Å². The molecule has 0 radical (unpaired) electrons. The molecule has 0 atom stereocenters. The van der Waals surface area contributed by atoms with Gasteiger partial charge in [0.2, 0.25) is 5.78 Å². The van der Waals surface area contributed by atoms with Crippen molar-refractivity contribution < 1.29 is 9.72 Å². The maximum atomic E-state index is 12.7. The summed E-state index contributed by atoms with van der Waals surface area (Å²) in [5.74, 6) is 2.17. The van der Waals surface area contributed by atoms with Gasteiger partial charge in [0.15, 0.2) is 5.82 Å². The maximum absolute atomic E-state index is 12.7. The normalized spacial score (nSPS) is 14.4. The van der Waals surface area contributed by atoms with Gasteiger partial charge in [0.25, 0.3) is 5.69 Å². The molecule has 1 saturated heterocycles. The summed E-state index contributed by atoms with van der Waals surface area (Å²) < 4.78 is 1.59. The largest absolute Gasteiger partial charge is 0.350 e. The van der Waals surface area contributed by atoms with E-state index in [9.17, 15) is 14.9 Å². The van der Waals surface area contributed by atoms with Crippen LogP contribution in [0.5, 0.6) is 0 Å². The van der Waals surface area contributed by atoms with Gasteiger partial charge in [-0.25, -0.2) is 4.98 Å². The summed E-state index contributed by atoms with van der Waals surface area (Å²) in [6, 6.07) is 12.4. The number of carbonyl (C=O) groups excluding carboxylic acids is 1. The number of rotatable bonds is 7. The average molecular weight is 438 g/mol. The first kappa shape index (κ1) is 21.1. The van der Waals surface area contributed by atoms with E-state index in [4.69, 9.17) is 0 Å². The molecular formula is C22H23N5O3S. The van der Waals surface area contributed by atoms with Gasteiger partial charge in [-0.05, 0) is 29.8 Å². The summed E-state index contributed by atoms with van der Waals surface area (Å²) in [4.78, 5) is 30.3. The number of imidazole rings is 1. The number of nitro groups is 1. The maximum Gasteiger partial charge on any atom is 0.293 e. The van der Waals surface area contributed by atoms with Crippen LogP contribution in [-0.4, -0.2) is 49.8 Å². The minimum absolute atomic E-state index is 0.154. The molecule has 1 aliphatic heterocycles. The van der Waals surface area contributed by atoms with Crippen molar-refractivity contribution in [3.05, 3.63) is 81.9 Å². The van der Waals surface area contributed by atoms with Crippen LogP contribution in [0.25, 0.3) is 0 Å². The van der Waals surface area contributed by atoms with Gasteiger partial charge in [0, 0.05) is 67.9 Å². The standard InChI is InChI=1S/C22H23N5O3S/c1-25-8-7-23-22(25)21(28)17-5-6-19(20(14-17)27(29)30)24-18-4-2-3-16(13-18)15-26-9-11-31-12-10-26/h2-8,13-14,24H,9-12,15H2,1H3. The first-order valence-electron chi connectivity index (χ1n) is 9.98. The molecule has 1 aromatic heterocycles. The summed E-state index contributed by atoms with van der Waals surface area (Å²) >= 11 is 1.97. The van der Waals surface area contributed by atoms with E-state index >= 15 is 0 Å². The number of carbonyl (C=O) groups is 1. The molecule has 0 unspecified atom stereocenters. The van der Waals surface area contributed by atoms with Gasteiger partial charge in [-0.1, -0.05) is 12.1 Å². The second-order valence-corrected chi connectivity index (χ2v) is 8.62. The van der Waals surface area contributed by atoms with Crippen LogP contribution in [0, 0.1) is 10.1 Å². The Bertz CT molecular complexity index is 1110. The molecule has 1 N–H and O–H groups in total. The van der Waals surface area contributed by atoms with Gasteiger partial charge in [0.05, 0.1) is 4.92 Å². The molecule has 0 spiro atoms. The third-order valence-corrected chi connectivity index (χ3v) is 6.14. The minimum Gasteiger partial charge on any atom is -0.350 e. The highest BCUT2D eigenvalue weighted by Crippen LogP contribution is 2.30. The van der Waals surface area contributed by atoms with Crippen molar-refractivity contribution in [3.8, 4) is 0 Å². The number of hydrogen-bond acceptors (Lipinski definition) is 7. The number of hydrogen-bond donors (Lipinski definition) is 1. The zero-order valence-electron chi connectivity index (χ0n) is 17.2. The Balaban J connectivity index is 1.55. The van der Waals surface area contributed by atoms with Crippen LogP contribution in [0.4, 0.5) is 17.1 Å². The number of nitrogens with one attached hydrogen (secondary N) is 1. The van der Waals surface area contributed by atoms with Gasteiger partial charge >= 0.3 is 0 Å². The molecule has 0 amide bonds. The van der Waals surface area contributed by atoms with E-state index in [0.717, 1.165) is 42.4 Å². The Morgan fingerprint density at radius 2 is 2.03 bits per heavy atom. The van der Waals surface area contributed by atoms with E-state index in [2.05, 4.69) is 21.3 Å². The fraction of sp³-hybridized carbons (Fsp3) is 0.273. The van der Waals surface area contributed by atoms with E-state index in [-0.39, 0.29) is 22.9 Å². The Hall–Kier alpha value is -3.17. The molecular weight excluding hydrogens is 414 g/mol. The number of aryl methyl sites for hydroxylation is 1. The number of aromatic nitrogens is 2. The number of benzene rings is 2. The molecule has 160 valence electrons. The highest BCUT2D eigenvalue weighted by molar-refractivity contribution is 7.99. The van der Waals surface area contributed by atoms with Crippen molar-refractivity contribution in [1.29, 1.82) is 0 Å². The van der Waals surface area contributed by atoms with Gasteiger partial charge < -0.3 is 9.88 Å². The van der Waals surface area contributed by atoms with Crippen molar-refractivity contribution in [3.63, 3.8) is 0 Å².